The third kappa shape index (κ3) is 2.17. The lowest BCUT2D eigenvalue weighted by atomic mass is 9.73. The van der Waals surface area contributed by atoms with Crippen molar-refractivity contribution in [2.45, 2.75) is 38.1 Å². The van der Waals surface area contributed by atoms with Gasteiger partial charge in [0.2, 0.25) is 0 Å². The van der Waals surface area contributed by atoms with Crippen LogP contribution < -0.4 is 0 Å². The molecule has 2 heterocycles. The zero-order valence-electron chi connectivity index (χ0n) is 13.5. The summed E-state index contributed by atoms with van der Waals surface area (Å²) < 4.78 is 5.47. The van der Waals surface area contributed by atoms with Crippen LogP contribution in [0, 0.1) is 5.92 Å². The van der Waals surface area contributed by atoms with E-state index in [9.17, 15) is 0 Å². The number of rotatable bonds is 4. The Morgan fingerprint density at radius 1 is 1.41 bits per heavy atom. The first kappa shape index (κ1) is 14.2. The molecule has 2 aromatic rings. The van der Waals surface area contributed by atoms with Gasteiger partial charge in [-0.05, 0) is 36.9 Å². The Hall–Kier alpha value is -1.39. The number of H-pyrrole nitrogens is 1. The van der Waals surface area contributed by atoms with Gasteiger partial charge < -0.3 is 4.74 Å². The molecule has 1 saturated heterocycles. The monoisotopic (exact) mass is 299 g/mol. The zero-order chi connectivity index (χ0) is 15.1. The quantitative estimate of drug-likeness (QED) is 0.943. The SMILES string of the molecule is CCCN1CC(COC)C[C@@H]2c3cccc4n[nH]c(c34)C[C@H]21. The second-order valence-electron chi connectivity index (χ2n) is 6.87. The number of ether oxygens (including phenoxy) is 1. The van der Waals surface area contributed by atoms with Crippen LogP contribution in [0.1, 0.15) is 36.9 Å². The van der Waals surface area contributed by atoms with Gasteiger partial charge in [-0.25, -0.2) is 0 Å². The standard InChI is InChI=1S/C18H25N3O/c1-3-7-21-10-12(11-22-2)8-14-13-5-4-6-15-18(13)16(20-19-15)9-17(14)21/h4-6,12,14,17H,3,7-11H2,1-2H3,(H,19,20)/t12?,14-,17-/m1/s1. The van der Waals surface area contributed by atoms with Crippen molar-refractivity contribution in [3.05, 3.63) is 29.5 Å². The van der Waals surface area contributed by atoms with Gasteiger partial charge in [-0.2, -0.15) is 5.10 Å². The normalized spacial score (nSPS) is 28.0. The maximum atomic E-state index is 5.47. The molecule has 1 aliphatic carbocycles. The number of methoxy groups -OCH3 is 1. The smallest absolute Gasteiger partial charge is 0.0926 e. The topological polar surface area (TPSA) is 41.1 Å². The average molecular weight is 299 g/mol. The highest BCUT2D eigenvalue weighted by Crippen LogP contribution is 2.44. The van der Waals surface area contributed by atoms with Crippen LogP contribution in [0.15, 0.2) is 18.2 Å². The second-order valence-corrected chi connectivity index (χ2v) is 6.87. The summed E-state index contributed by atoms with van der Waals surface area (Å²) in [5.41, 5.74) is 3.96. The van der Waals surface area contributed by atoms with Crippen LogP contribution in [0.3, 0.4) is 0 Å². The molecule has 2 aliphatic rings. The lowest BCUT2D eigenvalue weighted by Crippen LogP contribution is -2.51. The molecular weight excluding hydrogens is 274 g/mol. The summed E-state index contributed by atoms with van der Waals surface area (Å²) in [5, 5.41) is 9.18. The molecule has 4 heteroatoms. The van der Waals surface area contributed by atoms with Gasteiger partial charge in [0.15, 0.2) is 0 Å². The molecule has 4 rings (SSSR count). The van der Waals surface area contributed by atoms with Crippen LogP contribution in [0.2, 0.25) is 0 Å². The molecule has 0 bridgehead atoms. The molecule has 4 nitrogen and oxygen atoms in total. The summed E-state index contributed by atoms with van der Waals surface area (Å²) in [7, 11) is 1.83. The molecule has 0 radical (unpaired) electrons. The molecule has 1 aromatic heterocycles. The Kier molecular flexibility index (Phi) is 3.66. The van der Waals surface area contributed by atoms with E-state index in [2.05, 4.69) is 40.2 Å². The van der Waals surface area contributed by atoms with Crippen molar-refractivity contribution in [3.8, 4) is 0 Å². The molecular formula is C18H25N3O. The Balaban J connectivity index is 1.75. The minimum Gasteiger partial charge on any atom is -0.384 e. The third-order valence-electron chi connectivity index (χ3n) is 5.43. The second kappa shape index (κ2) is 5.67. The van der Waals surface area contributed by atoms with Crippen molar-refractivity contribution in [2.24, 2.45) is 5.92 Å². The van der Waals surface area contributed by atoms with Crippen molar-refractivity contribution in [1.82, 2.24) is 15.1 Å². The van der Waals surface area contributed by atoms with Crippen LogP contribution >= 0.6 is 0 Å². The Bertz CT molecular complexity index is 665. The Labute approximate surface area is 131 Å². The summed E-state index contributed by atoms with van der Waals surface area (Å²) >= 11 is 0. The minimum atomic E-state index is 0.617. The average Bonchev–Trinajstić information content (AvgIpc) is 2.94. The van der Waals surface area contributed by atoms with Crippen LogP contribution in [0.4, 0.5) is 0 Å². The fourth-order valence-electron chi connectivity index (χ4n) is 4.65. The predicted octanol–water partition coefficient (Wildman–Crippen LogP) is 2.95. The first-order chi connectivity index (χ1) is 10.8. The first-order valence-corrected chi connectivity index (χ1v) is 8.50. The van der Waals surface area contributed by atoms with E-state index >= 15 is 0 Å². The number of aromatic nitrogens is 2. The lowest BCUT2D eigenvalue weighted by molar-refractivity contribution is 0.0424. The maximum absolute atomic E-state index is 5.47. The number of hydrogen-bond acceptors (Lipinski definition) is 3. The zero-order valence-corrected chi connectivity index (χ0v) is 13.5. The van der Waals surface area contributed by atoms with Gasteiger partial charge in [-0.3, -0.25) is 10.00 Å². The molecule has 22 heavy (non-hydrogen) atoms. The maximum Gasteiger partial charge on any atom is 0.0926 e. The fraction of sp³-hybridized carbons (Fsp3) is 0.611. The van der Waals surface area contributed by atoms with E-state index in [4.69, 9.17) is 4.74 Å². The van der Waals surface area contributed by atoms with Crippen LogP contribution in [-0.4, -0.2) is 47.9 Å². The van der Waals surface area contributed by atoms with Crippen molar-refractivity contribution >= 4 is 10.9 Å². The number of nitrogens with one attached hydrogen (secondary N) is 1. The molecule has 1 N–H and O–H groups in total. The van der Waals surface area contributed by atoms with Crippen molar-refractivity contribution in [2.75, 3.05) is 26.8 Å². The summed E-state index contributed by atoms with van der Waals surface area (Å²) in [6.07, 6.45) is 3.56. The Morgan fingerprint density at radius 3 is 3.14 bits per heavy atom. The highest BCUT2D eigenvalue weighted by Gasteiger charge is 2.40. The van der Waals surface area contributed by atoms with Crippen molar-refractivity contribution in [1.29, 1.82) is 0 Å². The molecule has 1 unspecified atom stereocenters. The molecule has 0 saturated carbocycles. The summed E-state index contributed by atoms with van der Waals surface area (Å²) in [5.74, 6) is 1.26. The predicted molar refractivity (Wildman–Crippen MR) is 88.2 cm³/mol. The van der Waals surface area contributed by atoms with E-state index in [0.717, 1.165) is 18.5 Å². The highest BCUT2D eigenvalue weighted by molar-refractivity contribution is 5.86. The molecule has 0 amide bonds. The van der Waals surface area contributed by atoms with E-state index in [1.54, 1.807) is 0 Å². The third-order valence-corrected chi connectivity index (χ3v) is 5.43. The molecule has 0 spiro atoms. The van der Waals surface area contributed by atoms with E-state index in [1.165, 1.54) is 42.6 Å². The Morgan fingerprint density at radius 2 is 2.32 bits per heavy atom. The summed E-state index contributed by atoms with van der Waals surface area (Å²) in [4.78, 5) is 2.69. The molecule has 1 fully saturated rings. The number of likely N-dealkylation sites (tertiary alicyclic amines) is 1. The van der Waals surface area contributed by atoms with Gasteiger partial charge in [0, 0.05) is 43.1 Å². The molecule has 118 valence electrons. The van der Waals surface area contributed by atoms with Gasteiger partial charge >= 0.3 is 0 Å². The highest BCUT2D eigenvalue weighted by atomic mass is 16.5. The number of hydrogen-bond donors (Lipinski definition) is 1. The lowest BCUT2D eigenvalue weighted by Gasteiger charge is -2.46. The van der Waals surface area contributed by atoms with Gasteiger partial charge in [-0.1, -0.05) is 19.1 Å². The first-order valence-electron chi connectivity index (χ1n) is 8.50. The number of fused-ring (bicyclic) bond motifs is 2. The van der Waals surface area contributed by atoms with Gasteiger partial charge in [-0.15, -0.1) is 0 Å². The summed E-state index contributed by atoms with van der Waals surface area (Å²) in [6, 6.07) is 7.22. The minimum absolute atomic E-state index is 0.617. The summed E-state index contributed by atoms with van der Waals surface area (Å²) in [6.45, 7) is 5.50. The van der Waals surface area contributed by atoms with Gasteiger partial charge in [0.05, 0.1) is 12.1 Å². The van der Waals surface area contributed by atoms with E-state index in [1.807, 2.05) is 7.11 Å². The van der Waals surface area contributed by atoms with Gasteiger partial charge in [0.25, 0.3) is 0 Å². The fourth-order valence-corrected chi connectivity index (χ4v) is 4.65. The van der Waals surface area contributed by atoms with E-state index in [0.29, 0.717) is 17.9 Å². The molecule has 3 atom stereocenters. The molecule has 1 aliphatic heterocycles. The van der Waals surface area contributed by atoms with Crippen LogP contribution in [0.5, 0.6) is 0 Å². The largest absolute Gasteiger partial charge is 0.384 e. The molecule has 1 aromatic carbocycles. The number of aromatic amines is 1. The number of piperidine rings is 1. The van der Waals surface area contributed by atoms with Crippen molar-refractivity contribution < 1.29 is 4.74 Å². The van der Waals surface area contributed by atoms with Crippen LogP contribution in [-0.2, 0) is 11.2 Å². The number of nitrogens with zero attached hydrogens (tertiary/aromatic N) is 2. The van der Waals surface area contributed by atoms with E-state index < -0.39 is 0 Å². The van der Waals surface area contributed by atoms with E-state index in [-0.39, 0.29) is 0 Å². The van der Waals surface area contributed by atoms with Crippen molar-refractivity contribution in [3.63, 3.8) is 0 Å². The van der Waals surface area contributed by atoms with Gasteiger partial charge in [0.1, 0.15) is 0 Å². The van der Waals surface area contributed by atoms with Crippen LogP contribution in [0.25, 0.3) is 10.9 Å². The number of benzene rings is 1.